The van der Waals surface area contributed by atoms with Crippen molar-refractivity contribution in [2.75, 3.05) is 13.7 Å². The minimum atomic E-state index is 0.251. The molecule has 1 saturated heterocycles. The molecule has 3 heterocycles. The summed E-state index contributed by atoms with van der Waals surface area (Å²) in [4.78, 5) is 2.52. The largest absolute Gasteiger partial charge is 0.497 e. The third-order valence-electron chi connectivity index (χ3n) is 5.59. The number of methoxy groups -OCH3 is 1. The number of ether oxygens (including phenoxy) is 1. The number of likely N-dealkylation sites (tertiary alicyclic amines) is 1. The molecular weight excluding hydrogens is 352 g/mol. The fraction of sp³-hybridized carbons (Fsp3) is 0.455. The Labute approximate surface area is 166 Å². The Kier molecular flexibility index (Phi) is 5.48. The average Bonchev–Trinajstić information content (AvgIpc) is 3.23. The fourth-order valence-electron chi connectivity index (χ4n) is 4.05. The monoisotopic (exact) mass is 380 g/mol. The van der Waals surface area contributed by atoms with Gasteiger partial charge < -0.3 is 9.26 Å². The zero-order chi connectivity index (χ0) is 19.5. The molecule has 0 bridgehead atoms. The smallest absolute Gasteiger partial charge is 0.154 e. The van der Waals surface area contributed by atoms with Gasteiger partial charge in [0.15, 0.2) is 5.76 Å². The van der Waals surface area contributed by atoms with Crippen LogP contribution in [0.15, 0.2) is 41.1 Å². The molecule has 1 atom stereocenters. The van der Waals surface area contributed by atoms with E-state index in [1.807, 2.05) is 36.0 Å². The van der Waals surface area contributed by atoms with Crippen molar-refractivity contribution in [3.8, 4) is 17.0 Å². The van der Waals surface area contributed by atoms with Gasteiger partial charge in [-0.1, -0.05) is 18.0 Å². The average molecular weight is 380 g/mol. The fourth-order valence-corrected chi connectivity index (χ4v) is 4.05. The molecule has 1 fully saturated rings. The van der Waals surface area contributed by atoms with Crippen molar-refractivity contribution in [2.45, 2.75) is 45.2 Å². The van der Waals surface area contributed by atoms with Gasteiger partial charge in [0, 0.05) is 37.0 Å². The Bertz CT molecular complexity index is 913. The molecule has 2 aromatic heterocycles. The summed E-state index contributed by atoms with van der Waals surface area (Å²) in [5.41, 5.74) is 4.30. The van der Waals surface area contributed by atoms with Crippen LogP contribution >= 0.6 is 0 Å². The van der Waals surface area contributed by atoms with E-state index in [0.29, 0.717) is 0 Å². The Balaban J connectivity index is 1.57. The van der Waals surface area contributed by atoms with Gasteiger partial charge in [0.25, 0.3) is 0 Å². The summed E-state index contributed by atoms with van der Waals surface area (Å²) in [6.07, 6.45) is 6.91. The molecule has 1 aliphatic heterocycles. The summed E-state index contributed by atoms with van der Waals surface area (Å²) in [5, 5.41) is 8.85. The maximum absolute atomic E-state index is 5.83. The van der Waals surface area contributed by atoms with Crippen molar-refractivity contribution in [3.05, 3.63) is 53.5 Å². The Hall–Kier alpha value is -2.60. The molecule has 1 aliphatic rings. The van der Waals surface area contributed by atoms with Crippen molar-refractivity contribution in [2.24, 2.45) is 7.05 Å². The van der Waals surface area contributed by atoms with Gasteiger partial charge in [0.05, 0.1) is 18.8 Å². The number of nitrogens with zero attached hydrogens (tertiary/aromatic N) is 4. The topological polar surface area (TPSA) is 56.3 Å². The van der Waals surface area contributed by atoms with E-state index >= 15 is 0 Å². The molecule has 28 heavy (non-hydrogen) atoms. The zero-order valence-electron chi connectivity index (χ0n) is 16.9. The molecular formula is C22H28N4O2. The lowest BCUT2D eigenvalue weighted by atomic mass is 10.0. The van der Waals surface area contributed by atoms with Gasteiger partial charge in [-0.25, -0.2) is 0 Å². The molecule has 0 spiro atoms. The summed E-state index contributed by atoms with van der Waals surface area (Å²) < 4.78 is 13.0. The van der Waals surface area contributed by atoms with Crippen molar-refractivity contribution in [1.29, 1.82) is 0 Å². The lowest BCUT2D eigenvalue weighted by Crippen LogP contribution is -2.28. The lowest BCUT2D eigenvalue weighted by molar-refractivity contribution is 0.160. The predicted octanol–water partition coefficient (Wildman–Crippen LogP) is 4.51. The first-order valence-electron chi connectivity index (χ1n) is 9.98. The summed E-state index contributed by atoms with van der Waals surface area (Å²) in [6.45, 7) is 4.04. The second-order valence-corrected chi connectivity index (χ2v) is 7.59. The van der Waals surface area contributed by atoms with E-state index in [1.165, 1.54) is 24.8 Å². The second-order valence-electron chi connectivity index (χ2n) is 7.59. The highest BCUT2D eigenvalue weighted by Crippen LogP contribution is 2.34. The van der Waals surface area contributed by atoms with Crippen LogP contribution in [0, 0.1) is 6.92 Å². The molecule has 0 radical (unpaired) electrons. The Morgan fingerprint density at radius 1 is 1.18 bits per heavy atom. The van der Waals surface area contributed by atoms with Crippen LogP contribution < -0.4 is 4.74 Å². The van der Waals surface area contributed by atoms with E-state index in [9.17, 15) is 0 Å². The van der Waals surface area contributed by atoms with Gasteiger partial charge in [0.1, 0.15) is 11.4 Å². The van der Waals surface area contributed by atoms with E-state index in [2.05, 4.69) is 34.3 Å². The highest BCUT2D eigenvalue weighted by atomic mass is 16.5. The van der Waals surface area contributed by atoms with Crippen LogP contribution in [-0.2, 0) is 13.6 Å². The van der Waals surface area contributed by atoms with E-state index in [4.69, 9.17) is 9.26 Å². The molecule has 1 aromatic carbocycles. The van der Waals surface area contributed by atoms with Crippen LogP contribution in [0.3, 0.4) is 0 Å². The highest BCUT2D eigenvalue weighted by molar-refractivity contribution is 5.60. The van der Waals surface area contributed by atoms with Crippen LogP contribution in [0.4, 0.5) is 0 Å². The standard InChI is InChI=1S/C22H28N4O2/c1-16-18(14-25(2)23-16)15-26-12-6-4-5-7-21(26)22-13-20(24-28-22)17-8-10-19(27-3)11-9-17/h8-11,13-14,21H,4-7,12,15H2,1-3H3. The van der Waals surface area contributed by atoms with Gasteiger partial charge >= 0.3 is 0 Å². The Morgan fingerprint density at radius 2 is 2.00 bits per heavy atom. The maximum atomic E-state index is 5.83. The second kappa shape index (κ2) is 8.19. The Morgan fingerprint density at radius 3 is 2.71 bits per heavy atom. The molecule has 3 aromatic rings. The quantitative estimate of drug-likeness (QED) is 0.652. The highest BCUT2D eigenvalue weighted by Gasteiger charge is 2.27. The summed E-state index contributed by atoms with van der Waals surface area (Å²) in [5.74, 6) is 1.79. The molecule has 0 aliphatic carbocycles. The normalized spacial score (nSPS) is 18.2. The molecule has 0 N–H and O–H groups in total. The van der Waals surface area contributed by atoms with Crippen LogP contribution in [-0.4, -0.2) is 33.5 Å². The molecule has 6 nitrogen and oxygen atoms in total. The van der Waals surface area contributed by atoms with Crippen LogP contribution in [0.1, 0.15) is 48.7 Å². The first-order chi connectivity index (χ1) is 13.6. The molecule has 0 saturated carbocycles. The van der Waals surface area contributed by atoms with E-state index in [1.54, 1.807) is 7.11 Å². The molecule has 6 heteroatoms. The van der Waals surface area contributed by atoms with Crippen molar-refractivity contribution in [3.63, 3.8) is 0 Å². The number of aryl methyl sites for hydroxylation is 2. The van der Waals surface area contributed by atoms with Crippen LogP contribution in [0.2, 0.25) is 0 Å². The molecule has 1 unspecified atom stereocenters. The van der Waals surface area contributed by atoms with Crippen LogP contribution in [0.5, 0.6) is 5.75 Å². The molecule has 4 rings (SSSR count). The van der Waals surface area contributed by atoms with Gasteiger partial charge in [-0.2, -0.15) is 5.10 Å². The molecule has 148 valence electrons. The van der Waals surface area contributed by atoms with E-state index < -0.39 is 0 Å². The van der Waals surface area contributed by atoms with Crippen LogP contribution in [0.25, 0.3) is 11.3 Å². The van der Waals surface area contributed by atoms with Gasteiger partial charge in [-0.3, -0.25) is 9.58 Å². The number of hydrogen-bond donors (Lipinski definition) is 0. The first-order valence-corrected chi connectivity index (χ1v) is 9.98. The van der Waals surface area contributed by atoms with E-state index in [0.717, 1.165) is 48.0 Å². The number of hydrogen-bond acceptors (Lipinski definition) is 5. The SMILES string of the molecule is COc1ccc(-c2cc(C3CCCCCN3Cc3cn(C)nc3C)on2)cc1. The summed E-state index contributed by atoms with van der Waals surface area (Å²) in [7, 11) is 3.65. The summed E-state index contributed by atoms with van der Waals surface area (Å²) in [6, 6.07) is 10.3. The van der Waals surface area contributed by atoms with Gasteiger partial charge in [0.2, 0.25) is 0 Å². The van der Waals surface area contributed by atoms with Gasteiger partial charge in [-0.05, 0) is 50.6 Å². The van der Waals surface area contributed by atoms with Crippen molar-refractivity contribution >= 4 is 0 Å². The van der Waals surface area contributed by atoms with Crippen molar-refractivity contribution in [1.82, 2.24) is 19.8 Å². The lowest BCUT2D eigenvalue weighted by Gasteiger charge is -2.27. The number of rotatable bonds is 5. The third-order valence-corrected chi connectivity index (χ3v) is 5.59. The minimum Gasteiger partial charge on any atom is -0.497 e. The predicted molar refractivity (Wildman–Crippen MR) is 108 cm³/mol. The molecule has 0 amide bonds. The van der Waals surface area contributed by atoms with E-state index in [-0.39, 0.29) is 6.04 Å². The van der Waals surface area contributed by atoms with Gasteiger partial charge in [-0.15, -0.1) is 0 Å². The summed E-state index contributed by atoms with van der Waals surface area (Å²) >= 11 is 0. The third kappa shape index (κ3) is 3.97. The first kappa shape index (κ1) is 18.7. The van der Waals surface area contributed by atoms with Crippen molar-refractivity contribution < 1.29 is 9.26 Å². The number of aromatic nitrogens is 3. The maximum Gasteiger partial charge on any atom is 0.154 e. The minimum absolute atomic E-state index is 0.251. The zero-order valence-corrected chi connectivity index (χ0v) is 16.9. The number of benzene rings is 1.